The van der Waals surface area contributed by atoms with E-state index in [2.05, 4.69) is 20.5 Å². The number of hydrogen-bond acceptors (Lipinski definition) is 8. The fraction of sp³-hybridized carbons (Fsp3) is 0.308. The molecule has 1 aliphatic rings. The van der Waals surface area contributed by atoms with Crippen LogP contribution in [0.25, 0.3) is 21.8 Å². The minimum atomic E-state index is -0.991. The number of fused-ring (bicyclic) bond motifs is 3. The number of pyridine rings is 1. The Morgan fingerprint density at radius 3 is 2.77 bits per heavy atom. The smallest absolute Gasteiger partial charge is 0.335 e. The van der Waals surface area contributed by atoms with E-state index in [1.807, 2.05) is 31.2 Å². The van der Waals surface area contributed by atoms with E-state index in [1.165, 1.54) is 0 Å². The number of benzene rings is 2. The van der Waals surface area contributed by atoms with Gasteiger partial charge >= 0.3 is 5.97 Å². The third kappa shape index (κ3) is 5.31. The molecule has 0 radical (unpaired) electrons. The quantitative estimate of drug-likeness (QED) is 0.258. The SMILES string of the molecule is Cc1cccc(Nc2nc3cc(C(=O)O)ccc3c3cnc(NCCCN4CCOCC4)nc23)c1. The molecule has 2 aromatic carbocycles. The Kier molecular flexibility index (Phi) is 6.69. The molecule has 0 saturated carbocycles. The normalized spacial score (nSPS) is 14.3. The number of aromatic nitrogens is 3. The molecule has 3 N–H and O–H groups in total. The number of hydrogen-bond donors (Lipinski definition) is 3. The van der Waals surface area contributed by atoms with E-state index in [0.717, 1.165) is 67.8 Å². The zero-order chi connectivity index (χ0) is 24.2. The molecule has 3 heterocycles. The van der Waals surface area contributed by atoms with Crippen LogP contribution in [0.15, 0.2) is 48.7 Å². The Morgan fingerprint density at radius 2 is 1.97 bits per heavy atom. The van der Waals surface area contributed by atoms with Crippen molar-refractivity contribution in [2.45, 2.75) is 13.3 Å². The number of aromatic carboxylic acids is 1. The lowest BCUT2D eigenvalue weighted by molar-refractivity contribution is 0.0378. The number of morpholine rings is 1. The fourth-order valence-electron chi connectivity index (χ4n) is 4.28. The third-order valence-corrected chi connectivity index (χ3v) is 6.10. The molecule has 0 bridgehead atoms. The van der Waals surface area contributed by atoms with Gasteiger partial charge in [0, 0.05) is 42.3 Å². The predicted octanol–water partition coefficient (Wildman–Crippen LogP) is 4.06. The summed E-state index contributed by atoms with van der Waals surface area (Å²) >= 11 is 0. The number of carboxylic acid groups (broad SMARTS) is 1. The summed E-state index contributed by atoms with van der Waals surface area (Å²) in [5.74, 6) is 0.101. The van der Waals surface area contributed by atoms with E-state index < -0.39 is 5.97 Å². The van der Waals surface area contributed by atoms with Crippen molar-refractivity contribution in [3.8, 4) is 0 Å². The number of ether oxygens (including phenoxy) is 1. The maximum absolute atomic E-state index is 11.5. The van der Waals surface area contributed by atoms with E-state index in [1.54, 1.807) is 24.4 Å². The van der Waals surface area contributed by atoms with Crippen LogP contribution in [0, 0.1) is 6.92 Å². The minimum absolute atomic E-state index is 0.185. The lowest BCUT2D eigenvalue weighted by Crippen LogP contribution is -2.37. The molecule has 1 fully saturated rings. The molecular formula is C26H28N6O3. The van der Waals surface area contributed by atoms with Crippen LogP contribution in [0.2, 0.25) is 0 Å². The van der Waals surface area contributed by atoms with E-state index in [4.69, 9.17) is 14.7 Å². The monoisotopic (exact) mass is 472 g/mol. The number of anilines is 3. The molecule has 4 aromatic rings. The number of carbonyl (C=O) groups is 1. The number of rotatable bonds is 8. The Hall–Kier alpha value is -3.82. The van der Waals surface area contributed by atoms with Crippen molar-refractivity contribution in [1.82, 2.24) is 19.9 Å². The molecule has 35 heavy (non-hydrogen) atoms. The fourth-order valence-corrected chi connectivity index (χ4v) is 4.28. The van der Waals surface area contributed by atoms with Gasteiger partial charge in [-0.1, -0.05) is 18.2 Å². The highest BCUT2D eigenvalue weighted by molar-refractivity contribution is 6.10. The topological polar surface area (TPSA) is 112 Å². The standard InChI is InChI=1S/C26H28N6O3/c1-17-4-2-5-19(14-17)29-24-23-21(20-7-6-18(25(33)34)15-22(20)30-24)16-28-26(31-23)27-8-3-9-32-10-12-35-13-11-32/h2,4-7,14-16H,3,8-13H2,1H3,(H,29,30)(H,33,34)(H,27,28,31). The summed E-state index contributed by atoms with van der Waals surface area (Å²) in [7, 11) is 0. The molecule has 1 saturated heterocycles. The Morgan fingerprint density at radius 1 is 1.11 bits per heavy atom. The minimum Gasteiger partial charge on any atom is -0.478 e. The molecule has 0 atom stereocenters. The first-order valence-electron chi connectivity index (χ1n) is 11.8. The molecule has 2 aromatic heterocycles. The number of aryl methyl sites for hydroxylation is 1. The van der Waals surface area contributed by atoms with Gasteiger partial charge in [0.25, 0.3) is 0 Å². The van der Waals surface area contributed by atoms with Gasteiger partial charge in [-0.3, -0.25) is 4.90 Å². The van der Waals surface area contributed by atoms with Crippen LogP contribution in [0.1, 0.15) is 22.3 Å². The van der Waals surface area contributed by atoms with E-state index in [0.29, 0.717) is 22.8 Å². The summed E-state index contributed by atoms with van der Waals surface area (Å²) in [5, 5.41) is 17.7. The molecule has 0 amide bonds. The molecule has 1 aliphatic heterocycles. The van der Waals surface area contributed by atoms with Crippen LogP contribution in [-0.4, -0.2) is 70.3 Å². The van der Waals surface area contributed by atoms with Gasteiger partial charge in [0.15, 0.2) is 5.82 Å². The van der Waals surface area contributed by atoms with Crippen LogP contribution >= 0.6 is 0 Å². The van der Waals surface area contributed by atoms with Gasteiger partial charge < -0.3 is 20.5 Å². The number of nitrogens with zero attached hydrogens (tertiary/aromatic N) is 4. The number of nitrogens with one attached hydrogen (secondary N) is 2. The second-order valence-electron chi connectivity index (χ2n) is 8.68. The van der Waals surface area contributed by atoms with Crippen molar-refractivity contribution in [3.63, 3.8) is 0 Å². The highest BCUT2D eigenvalue weighted by Crippen LogP contribution is 2.31. The van der Waals surface area contributed by atoms with Crippen molar-refractivity contribution < 1.29 is 14.6 Å². The van der Waals surface area contributed by atoms with Gasteiger partial charge in [-0.25, -0.2) is 19.7 Å². The largest absolute Gasteiger partial charge is 0.478 e. The van der Waals surface area contributed by atoms with E-state index in [-0.39, 0.29) is 5.56 Å². The van der Waals surface area contributed by atoms with Gasteiger partial charge in [0.2, 0.25) is 5.95 Å². The number of carboxylic acids is 1. The molecule has 5 rings (SSSR count). The highest BCUT2D eigenvalue weighted by atomic mass is 16.5. The zero-order valence-corrected chi connectivity index (χ0v) is 19.6. The molecule has 0 aliphatic carbocycles. The Balaban J connectivity index is 1.45. The summed E-state index contributed by atoms with van der Waals surface area (Å²) in [4.78, 5) is 28.0. The van der Waals surface area contributed by atoms with E-state index in [9.17, 15) is 9.90 Å². The third-order valence-electron chi connectivity index (χ3n) is 6.10. The summed E-state index contributed by atoms with van der Waals surface area (Å²) < 4.78 is 5.41. The van der Waals surface area contributed by atoms with Crippen molar-refractivity contribution in [1.29, 1.82) is 0 Å². The van der Waals surface area contributed by atoms with Gasteiger partial charge in [0.1, 0.15) is 5.52 Å². The first kappa shape index (κ1) is 22.9. The summed E-state index contributed by atoms with van der Waals surface area (Å²) in [6.07, 6.45) is 2.75. The molecule has 9 nitrogen and oxygen atoms in total. The van der Waals surface area contributed by atoms with Crippen LogP contribution < -0.4 is 10.6 Å². The summed E-state index contributed by atoms with van der Waals surface area (Å²) in [6, 6.07) is 12.9. The zero-order valence-electron chi connectivity index (χ0n) is 19.6. The van der Waals surface area contributed by atoms with Crippen LogP contribution in [0.3, 0.4) is 0 Å². The Labute approximate surface area is 203 Å². The van der Waals surface area contributed by atoms with E-state index >= 15 is 0 Å². The van der Waals surface area contributed by atoms with Gasteiger partial charge in [-0.15, -0.1) is 0 Å². The molecule has 9 heteroatoms. The van der Waals surface area contributed by atoms with Gasteiger partial charge in [-0.2, -0.15) is 0 Å². The first-order chi connectivity index (χ1) is 17.1. The van der Waals surface area contributed by atoms with Gasteiger partial charge in [0.05, 0.1) is 24.3 Å². The predicted molar refractivity (Wildman–Crippen MR) is 137 cm³/mol. The Bertz CT molecular complexity index is 1370. The first-order valence-corrected chi connectivity index (χ1v) is 11.8. The average Bonchev–Trinajstić information content (AvgIpc) is 2.87. The van der Waals surface area contributed by atoms with Crippen LogP contribution in [0.4, 0.5) is 17.5 Å². The highest BCUT2D eigenvalue weighted by Gasteiger charge is 2.15. The summed E-state index contributed by atoms with van der Waals surface area (Å²) in [5.41, 5.74) is 3.43. The summed E-state index contributed by atoms with van der Waals surface area (Å²) in [6.45, 7) is 7.33. The second-order valence-corrected chi connectivity index (χ2v) is 8.68. The molecule has 0 unspecified atom stereocenters. The molecule has 180 valence electrons. The second kappa shape index (κ2) is 10.2. The van der Waals surface area contributed by atoms with Crippen LogP contribution in [0.5, 0.6) is 0 Å². The molecule has 0 spiro atoms. The lowest BCUT2D eigenvalue weighted by atomic mass is 10.1. The van der Waals surface area contributed by atoms with Crippen molar-refractivity contribution >= 4 is 45.2 Å². The van der Waals surface area contributed by atoms with Crippen molar-refractivity contribution in [2.75, 3.05) is 50.0 Å². The maximum atomic E-state index is 11.5. The van der Waals surface area contributed by atoms with Crippen molar-refractivity contribution in [3.05, 3.63) is 59.8 Å². The van der Waals surface area contributed by atoms with Gasteiger partial charge in [-0.05, 0) is 49.7 Å². The molecular weight excluding hydrogens is 444 g/mol. The maximum Gasteiger partial charge on any atom is 0.335 e. The van der Waals surface area contributed by atoms with Crippen LogP contribution in [-0.2, 0) is 4.74 Å². The van der Waals surface area contributed by atoms with Crippen molar-refractivity contribution in [2.24, 2.45) is 0 Å². The average molecular weight is 473 g/mol. The lowest BCUT2D eigenvalue weighted by Gasteiger charge is -2.26.